The number of hydrogen-bond donors (Lipinski definition) is 1. The Bertz CT molecular complexity index is 980. The van der Waals surface area contributed by atoms with E-state index in [1.807, 2.05) is 0 Å². The first-order valence-electron chi connectivity index (χ1n) is 10.6. The molecule has 9 heteroatoms. The Morgan fingerprint density at radius 3 is 2.39 bits per heavy atom. The van der Waals surface area contributed by atoms with Gasteiger partial charge >= 0.3 is 0 Å². The molecule has 0 spiro atoms. The van der Waals surface area contributed by atoms with Gasteiger partial charge < -0.3 is 19.5 Å². The molecule has 0 aliphatic carbocycles. The minimum absolute atomic E-state index is 0.00925. The first-order chi connectivity index (χ1) is 14.9. The summed E-state index contributed by atoms with van der Waals surface area (Å²) >= 11 is 0. The monoisotopic (exact) mass is 427 g/mol. The van der Waals surface area contributed by atoms with Crippen LogP contribution in [0.5, 0.6) is 0 Å². The normalized spacial score (nSPS) is 16.3. The Labute approximate surface area is 180 Å². The summed E-state index contributed by atoms with van der Waals surface area (Å²) in [5.41, 5.74) is 2.97. The first-order valence-corrected chi connectivity index (χ1v) is 10.6. The number of piperazine rings is 1. The van der Waals surface area contributed by atoms with Crippen LogP contribution < -0.4 is 4.90 Å². The van der Waals surface area contributed by atoms with Crippen molar-refractivity contribution in [1.82, 2.24) is 20.0 Å². The zero-order valence-electron chi connectivity index (χ0n) is 17.6. The molecule has 0 bridgehead atoms. The smallest absolute Gasteiger partial charge is 0.274 e. The van der Waals surface area contributed by atoms with Gasteiger partial charge in [-0.1, -0.05) is 0 Å². The van der Waals surface area contributed by atoms with Crippen LogP contribution in [0, 0.1) is 5.82 Å². The van der Waals surface area contributed by atoms with Gasteiger partial charge in [-0.2, -0.15) is 5.10 Å². The molecule has 1 N–H and O–H groups in total. The number of Topliss-reactive ketones (excluding diaryl/α,β-unsaturated/α-hetero) is 1. The molecular formula is C22H26FN5O3. The second-order valence-electron chi connectivity index (χ2n) is 8.05. The number of hydrogen-bond acceptors (Lipinski definition) is 5. The third kappa shape index (κ3) is 4.60. The summed E-state index contributed by atoms with van der Waals surface area (Å²) in [6, 6.07) is 6.36. The molecule has 0 radical (unpaired) electrons. The van der Waals surface area contributed by atoms with Crippen molar-refractivity contribution < 1.29 is 18.8 Å². The Morgan fingerprint density at radius 2 is 1.71 bits per heavy atom. The number of rotatable bonds is 5. The van der Waals surface area contributed by atoms with Crippen molar-refractivity contribution in [3.05, 3.63) is 47.0 Å². The highest BCUT2D eigenvalue weighted by atomic mass is 19.1. The number of aromatic nitrogens is 2. The van der Waals surface area contributed by atoms with E-state index in [0.29, 0.717) is 51.4 Å². The van der Waals surface area contributed by atoms with Crippen LogP contribution >= 0.6 is 0 Å². The maximum absolute atomic E-state index is 13.2. The molecule has 2 aliphatic rings. The van der Waals surface area contributed by atoms with Crippen LogP contribution in [0.3, 0.4) is 0 Å². The van der Waals surface area contributed by atoms with E-state index >= 15 is 0 Å². The quantitative estimate of drug-likeness (QED) is 0.786. The number of benzene rings is 1. The second kappa shape index (κ2) is 8.87. The molecule has 1 saturated heterocycles. The highest BCUT2D eigenvalue weighted by Gasteiger charge is 2.31. The van der Waals surface area contributed by atoms with Gasteiger partial charge in [0.1, 0.15) is 11.6 Å². The van der Waals surface area contributed by atoms with Crippen molar-refractivity contribution in [1.29, 1.82) is 0 Å². The number of fused-ring (bicyclic) bond motifs is 1. The number of amides is 2. The van der Waals surface area contributed by atoms with Crippen LogP contribution in [0.25, 0.3) is 0 Å². The van der Waals surface area contributed by atoms with E-state index < -0.39 is 0 Å². The molecule has 2 amide bonds. The molecule has 2 aromatic rings. The number of nitrogens with one attached hydrogen (secondary N) is 1. The zero-order chi connectivity index (χ0) is 22.0. The lowest BCUT2D eigenvalue weighted by Gasteiger charge is -2.36. The highest BCUT2D eigenvalue weighted by Crippen LogP contribution is 2.24. The topological polar surface area (TPSA) is 89.6 Å². The van der Waals surface area contributed by atoms with Crippen LogP contribution in [0.15, 0.2) is 24.3 Å². The zero-order valence-corrected chi connectivity index (χ0v) is 17.6. The Kier molecular flexibility index (Phi) is 6.01. The molecule has 1 aromatic heterocycles. The van der Waals surface area contributed by atoms with Crippen LogP contribution in [-0.2, 0) is 22.6 Å². The van der Waals surface area contributed by atoms with E-state index in [1.165, 1.54) is 19.1 Å². The highest BCUT2D eigenvalue weighted by molar-refractivity contribution is 5.94. The molecule has 1 fully saturated rings. The molecule has 31 heavy (non-hydrogen) atoms. The molecule has 2 aliphatic heterocycles. The maximum atomic E-state index is 13.2. The average Bonchev–Trinajstić information content (AvgIpc) is 3.21. The molecule has 164 valence electrons. The second-order valence-corrected chi connectivity index (χ2v) is 8.05. The van der Waals surface area contributed by atoms with Crippen LogP contribution in [0.4, 0.5) is 10.1 Å². The molecule has 3 heterocycles. The summed E-state index contributed by atoms with van der Waals surface area (Å²) in [6.45, 7) is 4.75. The summed E-state index contributed by atoms with van der Waals surface area (Å²) in [6.07, 6.45) is 1.04. The minimum atomic E-state index is -0.269. The molecule has 4 rings (SSSR count). The van der Waals surface area contributed by atoms with Crippen LogP contribution in [0.2, 0.25) is 0 Å². The molecule has 8 nitrogen and oxygen atoms in total. The van der Waals surface area contributed by atoms with Crippen molar-refractivity contribution in [2.75, 3.05) is 37.6 Å². The number of halogens is 1. The van der Waals surface area contributed by atoms with Gasteiger partial charge in [0.15, 0.2) is 5.69 Å². The molecule has 0 unspecified atom stereocenters. The van der Waals surface area contributed by atoms with Gasteiger partial charge in [-0.05, 0) is 31.2 Å². The number of anilines is 1. The van der Waals surface area contributed by atoms with E-state index in [9.17, 15) is 18.8 Å². The van der Waals surface area contributed by atoms with Gasteiger partial charge in [0, 0.05) is 75.5 Å². The average molecular weight is 427 g/mol. The van der Waals surface area contributed by atoms with E-state index in [4.69, 9.17) is 0 Å². The van der Waals surface area contributed by atoms with E-state index in [1.54, 1.807) is 21.9 Å². The van der Waals surface area contributed by atoms with Gasteiger partial charge in [0.2, 0.25) is 5.91 Å². The van der Waals surface area contributed by atoms with Crippen molar-refractivity contribution in [3.8, 4) is 0 Å². The van der Waals surface area contributed by atoms with Crippen molar-refractivity contribution >= 4 is 23.3 Å². The Morgan fingerprint density at radius 1 is 1.00 bits per heavy atom. The van der Waals surface area contributed by atoms with E-state index in [0.717, 1.165) is 16.9 Å². The van der Waals surface area contributed by atoms with E-state index in [-0.39, 0.29) is 36.3 Å². The molecule has 0 atom stereocenters. The number of carbonyl (C=O) groups is 3. The lowest BCUT2D eigenvalue weighted by atomic mass is 10.0. The minimum Gasteiger partial charge on any atom is -0.368 e. The molecule has 0 saturated carbocycles. The first kappa shape index (κ1) is 21.0. The van der Waals surface area contributed by atoms with Crippen molar-refractivity contribution in [3.63, 3.8) is 0 Å². The van der Waals surface area contributed by atoms with Gasteiger partial charge in [-0.25, -0.2) is 4.39 Å². The number of nitrogens with zero attached hydrogens (tertiary/aromatic N) is 4. The SMILES string of the molecule is CC(=O)CCC(=O)N1CCc2[nH]nc(C(=O)N3CCN(c4ccc(F)cc4)CC3)c2C1. The van der Waals surface area contributed by atoms with Gasteiger partial charge in [0.05, 0.1) is 0 Å². The standard InChI is InChI=1S/C22H26FN5O3/c1-15(29)2-7-20(30)28-9-8-19-18(14-28)21(25-24-19)22(31)27-12-10-26(11-13-27)17-5-3-16(23)4-6-17/h3-6H,2,7-14H2,1H3,(H,24,25). The molecule has 1 aromatic carbocycles. The number of H-pyrrole nitrogens is 1. The number of aromatic amines is 1. The lowest BCUT2D eigenvalue weighted by Crippen LogP contribution is -2.49. The summed E-state index contributed by atoms with van der Waals surface area (Å²) < 4.78 is 13.2. The third-order valence-electron chi connectivity index (χ3n) is 5.94. The number of ketones is 1. The van der Waals surface area contributed by atoms with E-state index in [2.05, 4.69) is 15.1 Å². The van der Waals surface area contributed by atoms with Crippen molar-refractivity contribution in [2.45, 2.75) is 32.7 Å². The third-order valence-corrected chi connectivity index (χ3v) is 5.94. The van der Waals surface area contributed by atoms with Gasteiger partial charge in [0.25, 0.3) is 5.91 Å². The largest absolute Gasteiger partial charge is 0.368 e. The maximum Gasteiger partial charge on any atom is 0.274 e. The predicted octanol–water partition coefficient (Wildman–Crippen LogP) is 1.77. The molecular weight excluding hydrogens is 401 g/mol. The Balaban J connectivity index is 1.39. The summed E-state index contributed by atoms with van der Waals surface area (Å²) in [5, 5.41) is 7.22. The summed E-state index contributed by atoms with van der Waals surface area (Å²) in [5.74, 6) is -0.498. The van der Waals surface area contributed by atoms with Crippen LogP contribution in [-0.4, -0.2) is 70.3 Å². The predicted molar refractivity (Wildman–Crippen MR) is 112 cm³/mol. The lowest BCUT2D eigenvalue weighted by molar-refractivity contribution is -0.133. The summed E-state index contributed by atoms with van der Waals surface area (Å²) in [7, 11) is 0. The van der Waals surface area contributed by atoms with Crippen LogP contribution in [0.1, 0.15) is 41.5 Å². The number of carbonyl (C=O) groups excluding carboxylic acids is 3. The van der Waals surface area contributed by atoms with Crippen molar-refractivity contribution in [2.24, 2.45) is 0 Å². The summed E-state index contributed by atoms with van der Waals surface area (Å²) in [4.78, 5) is 42.3. The fraction of sp³-hybridized carbons (Fsp3) is 0.455. The Hall–Kier alpha value is -3.23. The fourth-order valence-corrected chi connectivity index (χ4v) is 4.10. The fourth-order valence-electron chi connectivity index (χ4n) is 4.10. The van der Waals surface area contributed by atoms with Gasteiger partial charge in [-0.15, -0.1) is 0 Å². The van der Waals surface area contributed by atoms with Gasteiger partial charge in [-0.3, -0.25) is 14.7 Å².